The highest BCUT2D eigenvalue weighted by molar-refractivity contribution is 7.89. The molecule has 0 unspecified atom stereocenters. The van der Waals surface area contributed by atoms with E-state index >= 15 is 0 Å². The van der Waals surface area contributed by atoms with Gasteiger partial charge in [-0.2, -0.15) is 4.31 Å². The lowest BCUT2D eigenvalue weighted by Gasteiger charge is -2.32. The van der Waals surface area contributed by atoms with E-state index in [1.807, 2.05) is 25.2 Å². The molecular formula is C15H23N3O2S. The third kappa shape index (κ3) is 3.45. The number of hydrogen-bond acceptors (Lipinski definition) is 4. The second kappa shape index (κ2) is 6.04. The Morgan fingerprint density at radius 3 is 2.48 bits per heavy atom. The topological polar surface area (TPSA) is 52.7 Å². The molecule has 21 heavy (non-hydrogen) atoms. The lowest BCUT2D eigenvalue weighted by molar-refractivity contribution is 0.222. The molecule has 5 nitrogen and oxygen atoms in total. The van der Waals surface area contributed by atoms with Gasteiger partial charge in [0.2, 0.25) is 10.0 Å². The van der Waals surface area contributed by atoms with Gasteiger partial charge in [0.25, 0.3) is 0 Å². The second-order valence-corrected chi connectivity index (χ2v) is 7.88. The molecule has 0 spiro atoms. The van der Waals surface area contributed by atoms with Crippen LogP contribution in [0.4, 0.5) is 0 Å². The van der Waals surface area contributed by atoms with Crippen LogP contribution < -0.4 is 5.32 Å². The van der Waals surface area contributed by atoms with E-state index in [2.05, 4.69) is 10.2 Å². The molecule has 0 aromatic heterocycles. The summed E-state index contributed by atoms with van der Waals surface area (Å²) in [4.78, 5) is 2.62. The van der Waals surface area contributed by atoms with Gasteiger partial charge in [-0.3, -0.25) is 0 Å². The van der Waals surface area contributed by atoms with Crippen LogP contribution >= 0.6 is 0 Å². The minimum absolute atomic E-state index is 0.461. The van der Waals surface area contributed by atoms with Gasteiger partial charge in [-0.15, -0.1) is 0 Å². The number of benzene rings is 1. The zero-order chi connectivity index (χ0) is 14.9. The molecule has 0 bridgehead atoms. The van der Waals surface area contributed by atoms with Gasteiger partial charge in [-0.05, 0) is 31.5 Å². The maximum atomic E-state index is 12.9. The zero-order valence-electron chi connectivity index (χ0n) is 12.5. The molecule has 0 atom stereocenters. The van der Waals surface area contributed by atoms with Crippen LogP contribution in [0, 0.1) is 0 Å². The largest absolute Gasteiger partial charge is 0.310 e. The summed E-state index contributed by atoms with van der Waals surface area (Å²) in [5.41, 5.74) is 0.878. The van der Waals surface area contributed by atoms with Crippen LogP contribution in [0.2, 0.25) is 0 Å². The van der Waals surface area contributed by atoms with Gasteiger partial charge in [0.05, 0.1) is 4.90 Å². The Kier molecular flexibility index (Phi) is 4.31. The number of rotatable bonds is 5. The predicted molar refractivity (Wildman–Crippen MR) is 82.6 cm³/mol. The van der Waals surface area contributed by atoms with Gasteiger partial charge in [0, 0.05) is 38.8 Å². The first kappa shape index (κ1) is 15.0. The third-order valence-electron chi connectivity index (χ3n) is 4.21. The Labute approximate surface area is 127 Å². The standard InChI is InChI=1S/C15H23N3O2S/c1-17-8-10-18(11-9-17)21(19,20)15-5-3-2-4-13(15)12-16-14-6-7-14/h2-5,14,16H,6-12H2,1H3. The fourth-order valence-corrected chi connectivity index (χ4v) is 4.26. The van der Waals surface area contributed by atoms with Crippen LogP contribution in [-0.4, -0.2) is 56.9 Å². The Morgan fingerprint density at radius 2 is 1.81 bits per heavy atom. The maximum absolute atomic E-state index is 12.9. The summed E-state index contributed by atoms with van der Waals surface area (Å²) < 4.78 is 27.3. The highest BCUT2D eigenvalue weighted by Gasteiger charge is 2.29. The predicted octanol–water partition coefficient (Wildman–Crippen LogP) is 0.875. The zero-order valence-corrected chi connectivity index (χ0v) is 13.3. The van der Waals surface area contributed by atoms with Crippen molar-refractivity contribution in [3.63, 3.8) is 0 Å². The quantitative estimate of drug-likeness (QED) is 0.877. The van der Waals surface area contributed by atoms with Gasteiger partial charge in [0.15, 0.2) is 0 Å². The molecule has 2 fully saturated rings. The monoisotopic (exact) mass is 309 g/mol. The first-order valence-electron chi connectivity index (χ1n) is 7.57. The number of sulfonamides is 1. The van der Waals surface area contributed by atoms with Crippen LogP contribution in [0.3, 0.4) is 0 Å². The minimum atomic E-state index is -3.38. The molecule has 1 saturated carbocycles. The molecule has 1 N–H and O–H groups in total. The molecule has 1 aliphatic carbocycles. The molecule has 2 aliphatic rings. The summed E-state index contributed by atoms with van der Waals surface area (Å²) in [7, 11) is -1.35. The first-order valence-corrected chi connectivity index (χ1v) is 9.01. The Bertz CT molecular complexity index is 591. The summed E-state index contributed by atoms with van der Waals surface area (Å²) in [6, 6.07) is 7.94. The van der Waals surface area contributed by atoms with E-state index in [9.17, 15) is 8.42 Å². The smallest absolute Gasteiger partial charge is 0.243 e. The fraction of sp³-hybridized carbons (Fsp3) is 0.600. The van der Waals surface area contributed by atoms with E-state index in [0.717, 1.165) is 18.7 Å². The van der Waals surface area contributed by atoms with Crippen molar-refractivity contribution in [2.45, 2.75) is 30.3 Å². The van der Waals surface area contributed by atoms with Gasteiger partial charge in [0.1, 0.15) is 0 Å². The average molecular weight is 309 g/mol. The summed E-state index contributed by atoms with van der Waals surface area (Å²) in [6.07, 6.45) is 2.40. The number of hydrogen-bond donors (Lipinski definition) is 1. The molecule has 1 aromatic rings. The molecule has 3 rings (SSSR count). The van der Waals surface area contributed by atoms with Crippen LogP contribution in [0.25, 0.3) is 0 Å². The van der Waals surface area contributed by atoms with Gasteiger partial charge >= 0.3 is 0 Å². The molecule has 6 heteroatoms. The Morgan fingerprint density at radius 1 is 1.14 bits per heavy atom. The summed E-state index contributed by atoms with van der Waals surface area (Å²) in [6.45, 7) is 3.36. The number of nitrogens with one attached hydrogen (secondary N) is 1. The molecular weight excluding hydrogens is 286 g/mol. The molecule has 0 amide bonds. The van der Waals surface area contributed by atoms with Gasteiger partial charge < -0.3 is 10.2 Å². The molecule has 1 aromatic carbocycles. The average Bonchev–Trinajstić information content (AvgIpc) is 3.30. The Balaban J connectivity index is 1.80. The molecule has 1 heterocycles. The van der Waals surface area contributed by atoms with Gasteiger partial charge in [-0.1, -0.05) is 18.2 Å². The number of piperazine rings is 1. The summed E-state index contributed by atoms with van der Waals surface area (Å²) >= 11 is 0. The van der Waals surface area contributed by atoms with Gasteiger partial charge in [-0.25, -0.2) is 8.42 Å². The molecule has 1 saturated heterocycles. The number of likely N-dealkylation sites (N-methyl/N-ethyl adjacent to an activating group) is 1. The van der Waals surface area contributed by atoms with Crippen molar-refractivity contribution in [1.29, 1.82) is 0 Å². The fourth-order valence-electron chi connectivity index (χ4n) is 2.61. The van der Waals surface area contributed by atoms with Crippen molar-refractivity contribution >= 4 is 10.0 Å². The molecule has 1 aliphatic heterocycles. The van der Waals surface area contributed by atoms with E-state index in [-0.39, 0.29) is 0 Å². The van der Waals surface area contributed by atoms with E-state index in [0.29, 0.717) is 30.6 Å². The lowest BCUT2D eigenvalue weighted by atomic mass is 10.2. The van der Waals surface area contributed by atoms with E-state index < -0.39 is 10.0 Å². The van der Waals surface area contributed by atoms with Crippen LogP contribution in [0.15, 0.2) is 29.2 Å². The number of nitrogens with zero attached hydrogens (tertiary/aromatic N) is 2. The van der Waals surface area contributed by atoms with Crippen molar-refractivity contribution in [2.75, 3.05) is 33.2 Å². The van der Waals surface area contributed by atoms with Crippen molar-refractivity contribution in [3.8, 4) is 0 Å². The van der Waals surface area contributed by atoms with Crippen LogP contribution in [0.1, 0.15) is 18.4 Å². The van der Waals surface area contributed by atoms with Crippen molar-refractivity contribution in [1.82, 2.24) is 14.5 Å². The lowest BCUT2D eigenvalue weighted by Crippen LogP contribution is -2.47. The normalized spacial score (nSPS) is 21.6. The highest BCUT2D eigenvalue weighted by Crippen LogP contribution is 2.23. The van der Waals surface area contributed by atoms with Crippen LogP contribution in [-0.2, 0) is 16.6 Å². The highest BCUT2D eigenvalue weighted by atomic mass is 32.2. The molecule has 116 valence electrons. The van der Waals surface area contributed by atoms with Crippen molar-refractivity contribution in [2.24, 2.45) is 0 Å². The van der Waals surface area contributed by atoms with E-state index in [4.69, 9.17) is 0 Å². The van der Waals surface area contributed by atoms with Crippen molar-refractivity contribution in [3.05, 3.63) is 29.8 Å². The second-order valence-electron chi connectivity index (χ2n) is 5.97. The Hall–Kier alpha value is -0.950. The summed E-state index contributed by atoms with van der Waals surface area (Å²) in [5.74, 6) is 0. The maximum Gasteiger partial charge on any atom is 0.243 e. The SMILES string of the molecule is CN1CCN(S(=O)(=O)c2ccccc2CNC2CC2)CC1. The van der Waals surface area contributed by atoms with E-state index in [1.54, 1.807) is 10.4 Å². The van der Waals surface area contributed by atoms with Crippen LogP contribution in [0.5, 0.6) is 0 Å². The third-order valence-corrected chi connectivity index (χ3v) is 6.21. The first-order chi connectivity index (χ1) is 10.1. The minimum Gasteiger partial charge on any atom is -0.310 e. The van der Waals surface area contributed by atoms with Crippen molar-refractivity contribution < 1.29 is 8.42 Å². The summed E-state index contributed by atoms with van der Waals surface area (Å²) in [5, 5.41) is 3.40. The van der Waals surface area contributed by atoms with E-state index in [1.165, 1.54) is 12.8 Å². The molecule has 0 radical (unpaired) electrons.